The summed E-state index contributed by atoms with van der Waals surface area (Å²) in [6, 6.07) is 17.9. The minimum atomic E-state index is -0.786. The summed E-state index contributed by atoms with van der Waals surface area (Å²) in [5, 5.41) is 2.87. The lowest BCUT2D eigenvalue weighted by Crippen LogP contribution is -2.36. The fraction of sp³-hybridized carbons (Fsp3) is 0.360. The molecule has 3 rings (SSSR count). The van der Waals surface area contributed by atoms with E-state index >= 15 is 0 Å². The number of ether oxygens (including phenoxy) is 1. The largest absolute Gasteiger partial charge is 0.452 e. The van der Waals surface area contributed by atoms with Crippen LogP contribution < -0.4 is 5.32 Å². The first kappa shape index (κ1) is 20.8. The number of amides is 1. The fourth-order valence-corrected chi connectivity index (χ4v) is 3.53. The summed E-state index contributed by atoms with van der Waals surface area (Å²) in [6.07, 6.45) is 7.29. The average Bonchev–Trinajstić information content (AvgIpc) is 2.75. The van der Waals surface area contributed by atoms with Crippen LogP contribution in [0.4, 0.5) is 0 Å². The fourth-order valence-electron chi connectivity index (χ4n) is 3.53. The number of benzene rings is 2. The highest BCUT2D eigenvalue weighted by atomic mass is 16.5. The van der Waals surface area contributed by atoms with Crippen molar-refractivity contribution < 1.29 is 14.3 Å². The third kappa shape index (κ3) is 6.60. The maximum absolute atomic E-state index is 12.2. The molecule has 29 heavy (non-hydrogen) atoms. The van der Waals surface area contributed by atoms with Gasteiger partial charge in [-0.15, -0.1) is 0 Å². The summed E-state index contributed by atoms with van der Waals surface area (Å²) in [6.45, 7) is 2.21. The quantitative estimate of drug-likeness (QED) is 0.518. The second-order valence-electron chi connectivity index (χ2n) is 7.52. The Labute approximate surface area is 173 Å². The van der Waals surface area contributed by atoms with Crippen LogP contribution in [0.25, 0.3) is 11.1 Å². The van der Waals surface area contributed by atoms with Crippen molar-refractivity contribution >= 4 is 11.9 Å². The Morgan fingerprint density at radius 3 is 2.41 bits per heavy atom. The van der Waals surface area contributed by atoms with Crippen molar-refractivity contribution in [1.82, 2.24) is 5.32 Å². The molecule has 0 fully saturated rings. The van der Waals surface area contributed by atoms with E-state index in [0.717, 1.165) is 36.0 Å². The van der Waals surface area contributed by atoms with E-state index in [9.17, 15) is 9.59 Å². The van der Waals surface area contributed by atoms with Crippen LogP contribution in [0.3, 0.4) is 0 Å². The molecule has 2 aromatic carbocycles. The lowest BCUT2D eigenvalue weighted by atomic mass is 9.97. The lowest BCUT2D eigenvalue weighted by molar-refractivity contribution is -0.154. The second kappa shape index (κ2) is 10.6. The Kier molecular flexibility index (Phi) is 7.62. The molecule has 0 bridgehead atoms. The van der Waals surface area contributed by atoms with Crippen LogP contribution in [0.15, 0.2) is 66.2 Å². The van der Waals surface area contributed by atoms with Crippen LogP contribution in [0.2, 0.25) is 0 Å². The first-order chi connectivity index (χ1) is 14.1. The molecule has 1 atom stereocenters. The van der Waals surface area contributed by atoms with Gasteiger partial charge in [0.15, 0.2) is 6.10 Å². The van der Waals surface area contributed by atoms with Gasteiger partial charge in [-0.1, -0.05) is 66.2 Å². The maximum Gasteiger partial charge on any atom is 0.311 e. The topological polar surface area (TPSA) is 55.4 Å². The monoisotopic (exact) mass is 391 g/mol. The van der Waals surface area contributed by atoms with Crippen LogP contribution in [0, 0.1) is 0 Å². The van der Waals surface area contributed by atoms with Gasteiger partial charge in [0.1, 0.15) is 0 Å². The highest BCUT2D eigenvalue weighted by Crippen LogP contribution is 2.20. The Balaban J connectivity index is 1.42. The van der Waals surface area contributed by atoms with Crippen molar-refractivity contribution in [3.8, 4) is 11.1 Å². The average molecular weight is 392 g/mol. The zero-order chi connectivity index (χ0) is 20.5. The van der Waals surface area contributed by atoms with Gasteiger partial charge in [-0.2, -0.15) is 0 Å². The van der Waals surface area contributed by atoms with Crippen LogP contribution in [0.1, 0.15) is 44.6 Å². The van der Waals surface area contributed by atoms with E-state index in [4.69, 9.17) is 4.74 Å². The summed E-state index contributed by atoms with van der Waals surface area (Å²) in [7, 11) is 0. The number of nitrogens with one attached hydrogen (secondary N) is 1. The minimum Gasteiger partial charge on any atom is -0.452 e. The van der Waals surface area contributed by atoms with Gasteiger partial charge in [0, 0.05) is 6.54 Å². The standard InChI is InChI=1S/C25H29NO3/c1-19(25(28)26-17-16-20-8-4-2-5-9-20)29-24(27)18-21-12-14-23(15-13-21)22-10-6-3-7-11-22/h3,6-8,10-15,19H,2,4-5,9,16-18H2,1H3,(H,26,28)/t19-/m0/s1. The number of allylic oxidation sites excluding steroid dienone is 1. The van der Waals surface area contributed by atoms with Crippen molar-refractivity contribution in [2.24, 2.45) is 0 Å². The van der Waals surface area contributed by atoms with E-state index in [1.54, 1.807) is 6.92 Å². The molecule has 0 heterocycles. The number of hydrogen-bond acceptors (Lipinski definition) is 3. The molecule has 1 N–H and O–H groups in total. The number of rotatable bonds is 8. The summed E-state index contributed by atoms with van der Waals surface area (Å²) in [5.74, 6) is -0.635. The zero-order valence-corrected chi connectivity index (χ0v) is 17.0. The molecule has 0 saturated carbocycles. The molecule has 0 saturated heterocycles. The Hall–Kier alpha value is -2.88. The van der Waals surface area contributed by atoms with Crippen molar-refractivity contribution in [3.63, 3.8) is 0 Å². The molecule has 0 spiro atoms. The molecule has 2 aromatic rings. The summed E-state index contributed by atoms with van der Waals surface area (Å²) in [5.41, 5.74) is 4.52. The van der Waals surface area contributed by atoms with E-state index in [2.05, 4.69) is 11.4 Å². The van der Waals surface area contributed by atoms with Crippen LogP contribution in [-0.4, -0.2) is 24.5 Å². The van der Waals surface area contributed by atoms with E-state index in [1.165, 1.54) is 18.4 Å². The van der Waals surface area contributed by atoms with Crippen molar-refractivity contribution in [2.75, 3.05) is 6.54 Å². The number of esters is 1. The molecule has 152 valence electrons. The summed E-state index contributed by atoms with van der Waals surface area (Å²) in [4.78, 5) is 24.4. The van der Waals surface area contributed by atoms with Gasteiger partial charge in [-0.3, -0.25) is 9.59 Å². The molecule has 0 aliphatic heterocycles. The molecule has 1 amide bonds. The predicted molar refractivity (Wildman–Crippen MR) is 115 cm³/mol. The predicted octanol–water partition coefficient (Wildman–Crippen LogP) is 4.83. The van der Waals surface area contributed by atoms with Crippen LogP contribution in [-0.2, 0) is 20.7 Å². The number of hydrogen-bond donors (Lipinski definition) is 1. The SMILES string of the molecule is C[C@H](OC(=O)Cc1ccc(-c2ccccc2)cc1)C(=O)NCCC1=CCCCC1. The Bertz CT molecular complexity index is 840. The summed E-state index contributed by atoms with van der Waals surface area (Å²) < 4.78 is 5.31. The van der Waals surface area contributed by atoms with Gasteiger partial charge < -0.3 is 10.1 Å². The molecule has 4 heteroatoms. The van der Waals surface area contributed by atoms with Gasteiger partial charge >= 0.3 is 5.97 Å². The normalized spacial score (nSPS) is 14.6. The highest BCUT2D eigenvalue weighted by molar-refractivity contribution is 5.84. The number of carbonyl (C=O) groups excluding carboxylic acids is 2. The van der Waals surface area contributed by atoms with E-state index in [-0.39, 0.29) is 12.3 Å². The second-order valence-corrected chi connectivity index (χ2v) is 7.52. The maximum atomic E-state index is 12.2. The molecule has 0 radical (unpaired) electrons. The van der Waals surface area contributed by atoms with Gasteiger partial charge in [0.25, 0.3) is 5.91 Å². The Morgan fingerprint density at radius 2 is 1.72 bits per heavy atom. The third-order valence-electron chi connectivity index (χ3n) is 5.22. The van der Waals surface area contributed by atoms with Gasteiger partial charge in [-0.05, 0) is 55.7 Å². The molecular weight excluding hydrogens is 362 g/mol. The molecule has 1 aliphatic rings. The third-order valence-corrected chi connectivity index (χ3v) is 5.22. The molecule has 1 aliphatic carbocycles. The van der Waals surface area contributed by atoms with E-state index in [1.807, 2.05) is 54.6 Å². The van der Waals surface area contributed by atoms with Crippen LogP contribution in [0.5, 0.6) is 0 Å². The van der Waals surface area contributed by atoms with E-state index < -0.39 is 12.1 Å². The van der Waals surface area contributed by atoms with Gasteiger partial charge in [-0.25, -0.2) is 0 Å². The highest BCUT2D eigenvalue weighted by Gasteiger charge is 2.18. The Morgan fingerprint density at radius 1 is 1.00 bits per heavy atom. The zero-order valence-electron chi connectivity index (χ0n) is 17.0. The van der Waals surface area contributed by atoms with Crippen molar-refractivity contribution in [3.05, 3.63) is 71.8 Å². The smallest absolute Gasteiger partial charge is 0.311 e. The van der Waals surface area contributed by atoms with Gasteiger partial charge in [0.2, 0.25) is 0 Å². The molecular formula is C25H29NO3. The number of carbonyl (C=O) groups is 2. The van der Waals surface area contributed by atoms with E-state index in [0.29, 0.717) is 6.54 Å². The minimum absolute atomic E-state index is 0.152. The first-order valence-corrected chi connectivity index (χ1v) is 10.4. The van der Waals surface area contributed by atoms with Crippen molar-refractivity contribution in [2.45, 2.75) is 51.6 Å². The van der Waals surface area contributed by atoms with Gasteiger partial charge in [0.05, 0.1) is 6.42 Å². The molecule has 0 aromatic heterocycles. The molecule has 4 nitrogen and oxygen atoms in total. The molecule has 0 unspecified atom stereocenters. The van der Waals surface area contributed by atoms with Crippen LogP contribution >= 0.6 is 0 Å². The van der Waals surface area contributed by atoms with Crippen molar-refractivity contribution in [1.29, 1.82) is 0 Å². The summed E-state index contributed by atoms with van der Waals surface area (Å²) >= 11 is 0. The lowest BCUT2D eigenvalue weighted by Gasteiger charge is -2.15. The first-order valence-electron chi connectivity index (χ1n) is 10.4.